The van der Waals surface area contributed by atoms with Gasteiger partial charge in [-0.25, -0.2) is 9.69 Å². The molecule has 0 aliphatic rings. The van der Waals surface area contributed by atoms with Crippen molar-refractivity contribution in [1.82, 2.24) is 0 Å². The number of amides is 1. The number of benzene rings is 1. The van der Waals surface area contributed by atoms with E-state index in [0.717, 1.165) is 3.57 Å². The zero-order valence-electron chi connectivity index (χ0n) is 13.6. The summed E-state index contributed by atoms with van der Waals surface area (Å²) in [6, 6.07) is 7.42. The summed E-state index contributed by atoms with van der Waals surface area (Å²) in [6.45, 7) is 12.5. The lowest BCUT2D eigenvalue weighted by Gasteiger charge is -2.32. The van der Waals surface area contributed by atoms with Crippen LogP contribution in [0.1, 0.15) is 20.8 Å². The standard InChI is InChI=1S/C16H22INO3Si/c1-7-14(22(5,6)20)18(15(19)21-16(2,3)4)13-11-9-8-10-12(13)17/h8-11,20H,1H2,2-6H3. The summed E-state index contributed by atoms with van der Waals surface area (Å²) in [6.07, 6.45) is -0.544. The Morgan fingerprint density at radius 3 is 2.32 bits per heavy atom. The average Bonchev–Trinajstić information content (AvgIpc) is 2.33. The fraction of sp³-hybridized carbons (Fsp3) is 0.375. The smallest absolute Gasteiger partial charge is 0.419 e. The minimum atomic E-state index is -2.83. The summed E-state index contributed by atoms with van der Waals surface area (Å²) >= 11 is 2.15. The number of hydrogen-bond donors (Lipinski definition) is 1. The van der Waals surface area contributed by atoms with Gasteiger partial charge in [0.1, 0.15) is 5.60 Å². The zero-order valence-corrected chi connectivity index (χ0v) is 16.8. The van der Waals surface area contributed by atoms with Crippen molar-refractivity contribution < 1.29 is 14.3 Å². The molecule has 120 valence electrons. The molecule has 4 nitrogen and oxygen atoms in total. The summed E-state index contributed by atoms with van der Waals surface area (Å²) in [4.78, 5) is 24.6. The van der Waals surface area contributed by atoms with Gasteiger partial charge in [0.25, 0.3) is 0 Å². The molecule has 0 aliphatic heterocycles. The Labute approximate surface area is 146 Å². The second kappa shape index (κ2) is 7.00. The van der Waals surface area contributed by atoms with E-state index in [1.807, 2.05) is 24.3 Å². The molecule has 0 saturated carbocycles. The van der Waals surface area contributed by atoms with Crippen LogP contribution in [0.3, 0.4) is 0 Å². The largest absolute Gasteiger partial charge is 0.443 e. The first-order valence-corrected chi connectivity index (χ1v) is 10.9. The molecule has 6 heteroatoms. The first-order chi connectivity index (χ1) is 9.97. The van der Waals surface area contributed by atoms with E-state index in [4.69, 9.17) is 4.74 Å². The van der Waals surface area contributed by atoms with E-state index < -0.39 is 20.0 Å². The van der Waals surface area contributed by atoms with E-state index in [2.05, 4.69) is 34.9 Å². The Hall–Kier alpha value is -1.08. The monoisotopic (exact) mass is 431 g/mol. The van der Waals surface area contributed by atoms with Crippen LogP contribution >= 0.6 is 22.6 Å². The Bertz CT molecular complexity index is 611. The predicted octanol–water partition coefficient (Wildman–Crippen LogP) is 4.44. The quantitative estimate of drug-likeness (QED) is 0.438. The number of ether oxygens (including phenoxy) is 1. The summed E-state index contributed by atoms with van der Waals surface area (Å²) < 4.78 is 6.37. The number of nitrogens with zero attached hydrogens (tertiary/aromatic N) is 1. The van der Waals surface area contributed by atoms with Crippen molar-refractivity contribution in [3.8, 4) is 0 Å². The number of halogens is 1. The minimum absolute atomic E-state index is 0.380. The highest BCUT2D eigenvalue weighted by Crippen LogP contribution is 2.30. The molecule has 1 aromatic carbocycles. The van der Waals surface area contributed by atoms with Crippen LogP contribution in [0.25, 0.3) is 0 Å². The predicted molar refractivity (Wildman–Crippen MR) is 100 cm³/mol. The fourth-order valence-corrected chi connectivity index (χ4v) is 3.64. The third-order valence-electron chi connectivity index (χ3n) is 2.64. The van der Waals surface area contributed by atoms with Crippen molar-refractivity contribution in [3.05, 3.63) is 45.5 Å². The van der Waals surface area contributed by atoms with Crippen molar-refractivity contribution >= 4 is 42.7 Å². The number of hydrogen-bond acceptors (Lipinski definition) is 3. The molecule has 1 N–H and O–H groups in total. The van der Waals surface area contributed by atoms with Gasteiger partial charge in [-0.3, -0.25) is 0 Å². The van der Waals surface area contributed by atoms with Crippen molar-refractivity contribution in [2.24, 2.45) is 0 Å². The molecular weight excluding hydrogens is 409 g/mol. The average molecular weight is 431 g/mol. The van der Waals surface area contributed by atoms with Crippen LogP contribution < -0.4 is 4.90 Å². The van der Waals surface area contributed by atoms with Gasteiger partial charge in [0.15, 0.2) is 0 Å². The van der Waals surface area contributed by atoms with Crippen LogP contribution in [0.2, 0.25) is 13.1 Å². The Morgan fingerprint density at radius 2 is 1.91 bits per heavy atom. The number of anilines is 1. The molecule has 0 bridgehead atoms. The number of rotatable bonds is 3. The van der Waals surface area contributed by atoms with Gasteiger partial charge >= 0.3 is 6.09 Å². The maximum atomic E-state index is 12.7. The van der Waals surface area contributed by atoms with Gasteiger partial charge in [-0.05, 0) is 68.6 Å². The molecule has 22 heavy (non-hydrogen) atoms. The van der Waals surface area contributed by atoms with Crippen LogP contribution in [0.5, 0.6) is 0 Å². The molecule has 0 atom stereocenters. The summed E-state index contributed by atoms with van der Waals surface area (Å²) in [5, 5.41) is 0.380. The first kappa shape index (κ1) is 19.0. The second-order valence-corrected chi connectivity index (χ2v) is 11.1. The molecule has 1 aromatic rings. The van der Waals surface area contributed by atoms with E-state index in [-0.39, 0.29) is 0 Å². The van der Waals surface area contributed by atoms with Crippen molar-refractivity contribution in [3.63, 3.8) is 0 Å². The third kappa shape index (κ3) is 4.98. The van der Waals surface area contributed by atoms with Crippen LogP contribution in [-0.4, -0.2) is 24.8 Å². The van der Waals surface area contributed by atoms with Crippen LogP contribution in [0.4, 0.5) is 10.5 Å². The molecule has 1 rings (SSSR count). The topological polar surface area (TPSA) is 49.8 Å². The molecule has 0 aromatic heterocycles. The summed E-state index contributed by atoms with van der Waals surface area (Å²) in [7, 11) is -2.83. The lowest BCUT2D eigenvalue weighted by molar-refractivity contribution is 0.0593. The van der Waals surface area contributed by atoms with Gasteiger partial charge in [-0.15, -0.1) is 5.73 Å². The second-order valence-electron chi connectivity index (χ2n) is 6.35. The minimum Gasteiger partial charge on any atom is -0.443 e. The van der Waals surface area contributed by atoms with E-state index in [9.17, 15) is 9.59 Å². The lowest BCUT2D eigenvalue weighted by Crippen LogP contribution is -2.45. The van der Waals surface area contributed by atoms with E-state index in [0.29, 0.717) is 11.0 Å². The lowest BCUT2D eigenvalue weighted by atomic mass is 10.2. The SMILES string of the molecule is C=C=C(N(C(=O)OC(C)(C)C)c1ccccc1I)[Si](C)(C)O. The first-order valence-electron chi connectivity index (χ1n) is 6.88. The molecule has 0 radical (unpaired) electrons. The van der Waals surface area contributed by atoms with E-state index >= 15 is 0 Å². The van der Waals surface area contributed by atoms with Crippen LogP contribution in [-0.2, 0) is 4.74 Å². The maximum absolute atomic E-state index is 12.7. The summed E-state index contributed by atoms with van der Waals surface area (Å²) in [5.41, 5.74) is 2.75. The third-order valence-corrected chi connectivity index (χ3v) is 5.11. The Morgan fingerprint density at radius 1 is 1.36 bits per heavy atom. The normalized spacial score (nSPS) is 11.6. The molecule has 0 fully saturated rings. The maximum Gasteiger partial charge on any atom is 0.419 e. The van der Waals surface area contributed by atoms with Gasteiger partial charge in [0, 0.05) is 3.57 Å². The fourth-order valence-electron chi connectivity index (χ4n) is 1.82. The van der Waals surface area contributed by atoms with E-state index in [1.54, 1.807) is 33.9 Å². The van der Waals surface area contributed by atoms with Crippen molar-refractivity contribution in [2.75, 3.05) is 4.90 Å². The number of carbonyl (C=O) groups is 1. The zero-order chi connectivity index (χ0) is 17.1. The molecular formula is C16H22INO3Si. The Kier molecular flexibility index (Phi) is 6.03. The highest BCUT2D eigenvalue weighted by atomic mass is 127. The number of para-hydroxylation sites is 1. The van der Waals surface area contributed by atoms with Gasteiger partial charge < -0.3 is 9.53 Å². The highest BCUT2D eigenvalue weighted by Gasteiger charge is 2.36. The van der Waals surface area contributed by atoms with E-state index in [1.165, 1.54) is 4.90 Å². The van der Waals surface area contributed by atoms with Crippen molar-refractivity contribution in [2.45, 2.75) is 39.5 Å². The van der Waals surface area contributed by atoms with Crippen LogP contribution in [0.15, 0.2) is 41.9 Å². The molecule has 0 saturated heterocycles. The highest BCUT2D eigenvalue weighted by molar-refractivity contribution is 14.1. The van der Waals surface area contributed by atoms with Gasteiger partial charge in [0.2, 0.25) is 8.32 Å². The Balaban J connectivity index is 3.44. The molecule has 0 aliphatic carbocycles. The summed E-state index contributed by atoms with van der Waals surface area (Å²) in [5.74, 6) is 0. The molecule has 1 amide bonds. The molecule has 0 unspecified atom stereocenters. The van der Waals surface area contributed by atoms with Gasteiger partial charge in [-0.1, -0.05) is 18.7 Å². The van der Waals surface area contributed by atoms with Gasteiger partial charge in [-0.2, -0.15) is 0 Å². The molecule has 0 heterocycles. The van der Waals surface area contributed by atoms with Crippen molar-refractivity contribution in [1.29, 1.82) is 0 Å². The number of carbonyl (C=O) groups excluding carboxylic acids is 1. The molecule has 0 spiro atoms. The van der Waals surface area contributed by atoms with Gasteiger partial charge in [0.05, 0.1) is 11.0 Å². The van der Waals surface area contributed by atoms with Crippen LogP contribution in [0, 0.1) is 3.57 Å².